The van der Waals surface area contributed by atoms with Crippen LogP contribution < -0.4 is 11.1 Å². The Balaban J connectivity index is 2.82. The summed E-state index contributed by atoms with van der Waals surface area (Å²) in [5.41, 5.74) is 7.60. The van der Waals surface area contributed by atoms with E-state index in [-0.39, 0.29) is 5.76 Å². The number of hydrogen-bond acceptors (Lipinski definition) is 3. The fourth-order valence-corrected chi connectivity index (χ4v) is 1.75. The maximum Gasteiger partial charge on any atom is 0.284 e. The molecule has 0 fully saturated rings. The summed E-state index contributed by atoms with van der Waals surface area (Å²) in [6.45, 7) is 1.83. The molecule has 0 saturated heterocycles. The van der Waals surface area contributed by atoms with Crippen LogP contribution in [0.1, 0.15) is 16.1 Å². The second-order valence-corrected chi connectivity index (χ2v) is 3.35. The summed E-state index contributed by atoms with van der Waals surface area (Å²) in [6.07, 6.45) is 0. The number of fused-ring (bicyclic) bond motifs is 1. The third kappa shape index (κ3) is 1.34. The number of carbonyl (C=O) groups is 1. The molecule has 0 bridgehead atoms. The van der Waals surface area contributed by atoms with Crippen molar-refractivity contribution >= 4 is 22.6 Å². The van der Waals surface area contributed by atoms with E-state index >= 15 is 0 Å². The zero-order valence-corrected chi connectivity index (χ0v) is 8.63. The van der Waals surface area contributed by atoms with E-state index in [1.165, 1.54) is 0 Å². The van der Waals surface area contributed by atoms with Crippen molar-refractivity contribution in [2.75, 3.05) is 12.4 Å². The smallest absolute Gasteiger partial charge is 0.284 e. The molecular formula is C11H12N2O2. The van der Waals surface area contributed by atoms with Crippen molar-refractivity contribution in [1.82, 2.24) is 0 Å². The van der Waals surface area contributed by atoms with Crippen molar-refractivity contribution in [1.29, 1.82) is 0 Å². The number of anilines is 1. The SMILES string of the molecule is CNc1cccc2oc(C(N)=O)c(C)c12. The monoisotopic (exact) mass is 204 g/mol. The molecule has 3 N–H and O–H groups in total. The van der Waals surface area contributed by atoms with Crippen LogP contribution in [0.15, 0.2) is 22.6 Å². The van der Waals surface area contributed by atoms with Gasteiger partial charge >= 0.3 is 0 Å². The topological polar surface area (TPSA) is 68.3 Å². The molecule has 0 aliphatic heterocycles. The van der Waals surface area contributed by atoms with Crippen molar-refractivity contribution in [2.45, 2.75) is 6.92 Å². The maximum atomic E-state index is 11.1. The van der Waals surface area contributed by atoms with Crippen molar-refractivity contribution < 1.29 is 9.21 Å². The number of furan rings is 1. The van der Waals surface area contributed by atoms with Crippen molar-refractivity contribution in [3.05, 3.63) is 29.5 Å². The number of rotatable bonds is 2. The number of amides is 1. The molecule has 1 amide bonds. The number of primary amides is 1. The van der Waals surface area contributed by atoms with Crippen LogP contribution in [0.5, 0.6) is 0 Å². The molecule has 0 spiro atoms. The van der Waals surface area contributed by atoms with Gasteiger partial charge in [-0.2, -0.15) is 0 Å². The van der Waals surface area contributed by atoms with Gasteiger partial charge in [0.05, 0.1) is 0 Å². The molecule has 0 unspecified atom stereocenters. The Labute approximate surface area is 87.1 Å². The molecule has 4 nitrogen and oxygen atoms in total. The number of nitrogens with one attached hydrogen (secondary N) is 1. The highest BCUT2D eigenvalue weighted by Gasteiger charge is 2.16. The van der Waals surface area contributed by atoms with Crippen LogP contribution in [-0.2, 0) is 0 Å². The lowest BCUT2D eigenvalue weighted by Crippen LogP contribution is -2.10. The molecule has 2 rings (SSSR count). The lowest BCUT2D eigenvalue weighted by atomic mass is 10.1. The molecule has 0 aliphatic carbocycles. The first-order valence-corrected chi connectivity index (χ1v) is 4.65. The molecule has 0 aliphatic rings. The average molecular weight is 204 g/mol. The summed E-state index contributed by atoms with van der Waals surface area (Å²) in [6, 6.07) is 5.60. The second-order valence-electron chi connectivity index (χ2n) is 3.35. The quantitative estimate of drug-likeness (QED) is 0.784. The van der Waals surface area contributed by atoms with Gasteiger partial charge in [0.15, 0.2) is 5.76 Å². The first-order chi connectivity index (χ1) is 7.15. The van der Waals surface area contributed by atoms with Gasteiger partial charge in [0.25, 0.3) is 5.91 Å². The zero-order chi connectivity index (χ0) is 11.0. The van der Waals surface area contributed by atoms with Gasteiger partial charge in [-0.15, -0.1) is 0 Å². The predicted molar refractivity (Wildman–Crippen MR) is 59.0 cm³/mol. The van der Waals surface area contributed by atoms with E-state index in [1.807, 2.05) is 32.2 Å². The van der Waals surface area contributed by atoms with Gasteiger partial charge < -0.3 is 15.5 Å². The Morgan fingerprint density at radius 1 is 1.47 bits per heavy atom. The summed E-state index contributed by atoms with van der Waals surface area (Å²) < 4.78 is 5.39. The fraction of sp³-hybridized carbons (Fsp3) is 0.182. The van der Waals surface area contributed by atoms with Gasteiger partial charge in [-0.3, -0.25) is 4.79 Å². The van der Waals surface area contributed by atoms with Crippen LogP contribution in [-0.4, -0.2) is 13.0 Å². The van der Waals surface area contributed by atoms with Gasteiger partial charge in [0.1, 0.15) is 5.58 Å². The van der Waals surface area contributed by atoms with Crippen LogP contribution in [0.2, 0.25) is 0 Å². The van der Waals surface area contributed by atoms with Gasteiger partial charge in [-0.1, -0.05) is 6.07 Å². The van der Waals surface area contributed by atoms with Gasteiger partial charge in [0, 0.05) is 23.7 Å². The Bertz CT molecular complexity index is 529. The summed E-state index contributed by atoms with van der Waals surface area (Å²) in [5.74, 6) is -0.307. The number of hydrogen-bond donors (Lipinski definition) is 2. The standard InChI is InChI=1S/C11H12N2O2/c1-6-9-7(13-2)4-3-5-8(9)15-10(6)11(12)14/h3-5,13H,1-2H3,(H2,12,14). The molecule has 2 aromatic rings. The molecule has 4 heteroatoms. The number of benzene rings is 1. The number of nitrogens with two attached hydrogens (primary N) is 1. The van der Waals surface area contributed by atoms with Crippen LogP contribution in [0.25, 0.3) is 11.0 Å². The molecule has 1 aromatic heterocycles. The lowest BCUT2D eigenvalue weighted by molar-refractivity contribution is 0.0975. The second kappa shape index (κ2) is 3.31. The first-order valence-electron chi connectivity index (χ1n) is 4.65. The summed E-state index contributed by atoms with van der Waals surface area (Å²) >= 11 is 0. The molecule has 15 heavy (non-hydrogen) atoms. The summed E-state index contributed by atoms with van der Waals surface area (Å²) in [7, 11) is 1.82. The van der Waals surface area contributed by atoms with Gasteiger partial charge in [0.2, 0.25) is 0 Å². The maximum absolute atomic E-state index is 11.1. The highest BCUT2D eigenvalue weighted by molar-refractivity contribution is 6.02. The molecular weight excluding hydrogens is 192 g/mol. The fourth-order valence-electron chi connectivity index (χ4n) is 1.75. The van der Waals surface area contributed by atoms with Gasteiger partial charge in [-0.05, 0) is 19.1 Å². The van der Waals surface area contributed by atoms with Gasteiger partial charge in [-0.25, -0.2) is 0 Å². The summed E-state index contributed by atoms with van der Waals surface area (Å²) in [5, 5.41) is 3.96. The normalized spacial score (nSPS) is 10.5. The summed E-state index contributed by atoms with van der Waals surface area (Å²) in [4.78, 5) is 11.1. The van der Waals surface area contributed by atoms with Crippen LogP contribution >= 0.6 is 0 Å². The Morgan fingerprint density at radius 3 is 2.80 bits per heavy atom. The third-order valence-electron chi connectivity index (χ3n) is 2.45. The molecule has 0 atom stereocenters. The van der Waals surface area contributed by atoms with Crippen molar-refractivity contribution in [3.8, 4) is 0 Å². The van der Waals surface area contributed by atoms with E-state index in [2.05, 4.69) is 5.32 Å². The lowest BCUT2D eigenvalue weighted by Gasteiger charge is -2.00. The largest absolute Gasteiger partial charge is 0.451 e. The highest BCUT2D eigenvalue weighted by atomic mass is 16.3. The molecule has 78 valence electrons. The minimum atomic E-state index is -0.536. The Hall–Kier alpha value is -1.97. The van der Waals surface area contributed by atoms with E-state index in [9.17, 15) is 4.79 Å². The van der Waals surface area contributed by atoms with E-state index in [0.717, 1.165) is 16.6 Å². The Morgan fingerprint density at radius 2 is 2.20 bits per heavy atom. The Kier molecular flexibility index (Phi) is 2.11. The van der Waals surface area contributed by atoms with E-state index < -0.39 is 5.91 Å². The average Bonchev–Trinajstić information content (AvgIpc) is 2.56. The van der Waals surface area contributed by atoms with Crippen LogP contribution in [0.4, 0.5) is 5.69 Å². The molecule has 1 heterocycles. The van der Waals surface area contributed by atoms with E-state index in [0.29, 0.717) is 5.58 Å². The highest BCUT2D eigenvalue weighted by Crippen LogP contribution is 2.30. The minimum absolute atomic E-state index is 0.229. The van der Waals surface area contributed by atoms with Crippen molar-refractivity contribution in [3.63, 3.8) is 0 Å². The predicted octanol–water partition coefficient (Wildman–Crippen LogP) is 1.88. The third-order valence-corrected chi connectivity index (χ3v) is 2.45. The number of aryl methyl sites for hydroxylation is 1. The molecule has 0 radical (unpaired) electrons. The van der Waals surface area contributed by atoms with Crippen molar-refractivity contribution in [2.24, 2.45) is 5.73 Å². The number of carbonyl (C=O) groups excluding carboxylic acids is 1. The minimum Gasteiger partial charge on any atom is -0.451 e. The zero-order valence-electron chi connectivity index (χ0n) is 8.63. The molecule has 1 aromatic carbocycles. The molecule has 0 saturated carbocycles. The van der Waals surface area contributed by atoms with Crippen LogP contribution in [0, 0.1) is 6.92 Å². The first kappa shape index (κ1) is 9.58. The van der Waals surface area contributed by atoms with E-state index in [4.69, 9.17) is 10.2 Å². The van der Waals surface area contributed by atoms with Crippen LogP contribution in [0.3, 0.4) is 0 Å². The van der Waals surface area contributed by atoms with E-state index in [1.54, 1.807) is 0 Å².